The van der Waals surface area contributed by atoms with Crippen molar-refractivity contribution in [1.29, 1.82) is 0 Å². The van der Waals surface area contributed by atoms with Crippen molar-refractivity contribution in [2.45, 2.75) is 57.3 Å². The molecule has 0 radical (unpaired) electrons. The van der Waals surface area contributed by atoms with Crippen LogP contribution in [0.25, 0.3) is 0 Å². The zero-order chi connectivity index (χ0) is 17.8. The van der Waals surface area contributed by atoms with Crippen molar-refractivity contribution in [2.24, 2.45) is 5.10 Å². The van der Waals surface area contributed by atoms with Gasteiger partial charge in [0.1, 0.15) is 0 Å². The van der Waals surface area contributed by atoms with E-state index in [2.05, 4.69) is 10.1 Å². The molecule has 1 aliphatic rings. The maximum Gasteiger partial charge on any atom is 0.438 e. The maximum absolute atomic E-state index is 13.4. The van der Waals surface area contributed by atoms with Crippen molar-refractivity contribution in [3.8, 4) is 0 Å². The number of unbranched alkanes of at least 4 members (excludes halogenated alkanes) is 3. The first-order valence-corrected chi connectivity index (χ1v) is 7.89. The summed E-state index contributed by atoms with van der Waals surface area (Å²) in [6.07, 6.45) is 0.761. The Bertz CT molecular complexity index is 604. The quantitative estimate of drug-likeness (QED) is 0.804. The molecule has 5 nitrogen and oxygen atoms in total. The van der Waals surface area contributed by atoms with E-state index >= 15 is 0 Å². The predicted octanol–water partition coefficient (Wildman–Crippen LogP) is 3.50. The Balaban J connectivity index is 2.22. The van der Waals surface area contributed by atoms with Crippen LogP contribution in [0.5, 0.6) is 0 Å². The minimum absolute atomic E-state index is 0.0105. The number of amides is 1. The molecule has 2 rings (SSSR count). The van der Waals surface area contributed by atoms with Gasteiger partial charge in [0.25, 0.3) is 11.6 Å². The zero-order valence-electron chi connectivity index (χ0n) is 13.4. The number of pyridine rings is 1. The Labute approximate surface area is 138 Å². The van der Waals surface area contributed by atoms with Crippen LogP contribution in [-0.4, -0.2) is 38.6 Å². The molecule has 0 unspecified atom stereocenters. The van der Waals surface area contributed by atoms with Gasteiger partial charge in [-0.25, -0.2) is 0 Å². The number of carbonyl (C=O) groups is 1. The van der Waals surface area contributed by atoms with Crippen LogP contribution >= 0.6 is 0 Å². The minimum Gasteiger partial charge on any atom is -0.362 e. The molecular weight excluding hydrogens is 323 g/mol. The molecule has 0 saturated carbocycles. The lowest BCUT2D eigenvalue weighted by Gasteiger charge is -2.32. The lowest BCUT2D eigenvalue weighted by molar-refractivity contribution is -0.297. The summed E-state index contributed by atoms with van der Waals surface area (Å²) in [5.74, 6) is -0.999. The van der Waals surface area contributed by atoms with E-state index < -0.39 is 24.2 Å². The number of aromatic nitrogens is 1. The van der Waals surface area contributed by atoms with Gasteiger partial charge in [-0.1, -0.05) is 26.2 Å². The second-order valence-corrected chi connectivity index (χ2v) is 5.82. The van der Waals surface area contributed by atoms with Gasteiger partial charge in [0.2, 0.25) is 0 Å². The smallest absolute Gasteiger partial charge is 0.362 e. The summed E-state index contributed by atoms with van der Waals surface area (Å²) in [6, 6.07) is 2.57. The fourth-order valence-electron chi connectivity index (χ4n) is 2.56. The second-order valence-electron chi connectivity index (χ2n) is 5.82. The van der Waals surface area contributed by atoms with Crippen molar-refractivity contribution in [2.75, 3.05) is 0 Å². The topological polar surface area (TPSA) is 65.8 Å². The van der Waals surface area contributed by atoms with E-state index in [9.17, 15) is 23.1 Å². The molecule has 2 heterocycles. The number of hydrogen-bond acceptors (Lipinski definition) is 4. The van der Waals surface area contributed by atoms with Crippen LogP contribution in [0.15, 0.2) is 29.6 Å². The fourth-order valence-corrected chi connectivity index (χ4v) is 2.56. The summed E-state index contributed by atoms with van der Waals surface area (Å²) < 4.78 is 40.1. The molecule has 1 N–H and O–H groups in total. The molecule has 0 saturated heterocycles. The third-order valence-corrected chi connectivity index (χ3v) is 3.93. The highest BCUT2D eigenvalue weighted by atomic mass is 19.4. The molecule has 1 amide bonds. The number of hydrazone groups is 1. The average molecular weight is 343 g/mol. The highest BCUT2D eigenvalue weighted by molar-refractivity contribution is 5.98. The van der Waals surface area contributed by atoms with Gasteiger partial charge in [0.05, 0.1) is 0 Å². The van der Waals surface area contributed by atoms with E-state index in [-0.39, 0.29) is 16.3 Å². The Kier molecular flexibility index (Phi) is 5.58. The van der Waals surface area contributed by atoms with Crippen LogP contribution in [0.3, 0.4) is 0 Å². The van der Waals surface area contributed by atoms with Crippen LogP contribution < -0.4 is 0 Å². The third kappa shape index (κ3) is 3.75. The van der Waals surface area contributed by atoms with Crippen LogP contribution in [0.1, 0.15) is 55.8 Å². The van der Waals surface area contributed by atoms with Crippen LogP contribution in [0, 0.1) is 0 Å². The number of halogens is 3. The van der Waals surface area contributed by atoms with Crippen molar-refractivity contribution in [3.63, 3.8) is 0 Å². The Hall–Kier alpha value is -1.96. The number of nitrogens with zero attached hydrogens (tertiary/aromatic N) is 3. The van der Waals surface area contributed by atoms with E-state index in [4.69, 9.17) is 0 Å². The molecule has 1 aliphatic heterocycles. The lowest BCUT2D eigenvalue weighted by Crippen LogP contribution is -2.56. The molecule has 1 aromatic heterocycles. The van der Waals surface area contributed by atoms with Crippen LogP contribution in [0.2, 0.25) is 0 Å². The fraction of sp³-hybridized carbons (Fsp3) is 0.562. The van der Waals surface area contributed by atoms with Gasteiger partial charge in [-0.15, -0.1) is 0 Å². The van der Waals surface area contributed by atoms with Crippen LogP contribution in [0.4, 0.5) is 13.2 Å². The number of rotatable bonds is 6. The van der Waals surface area contributed by atoms with Gasteiger partial charge >= 0.3 is 6.18 Å². The van der Waals surface area contributed by atoms with Crippen LogP contribution in [-0.2, 0) is 0 Å². The molecule has 0 fully saturated rings. The molecule has 1 atom stereocenters. The molecule has 0 bridgehead atoms. The van der Waals surface area contributed by atoms with Gasteiger partial charge in [-0.05, 0) is 25.0 Å². The standard InChI is InChI=1S/C16H20F3N3O2/c1-2-3-4-5-6-13-11-15(24,16(17,18)19)22(21-13)14(23)12-7-9-20-10-8-12/h7-10,24H,2-6,11H2,1H3/t15-/m1/s1. The highest BCUT2D eigenvalue weighted by Crippen LogP contribution is 2.41. The van der Waals surface area contributed by atoms with Gasteiger partial charge in [-0.3, -0.25) is 9.78 Å². The first kappa shape index (κ1) is 18.4. The maximum atomic E-state index is 13.4. The summed E-state index contributed by atoms with van der Waals surface area (Å²) in [5.41, 5.74) is -3.12. The van der Waals surface area contributed by atoms with Gasteiger partial charge in [0.15, 0.2) is 0 Å². The molecule has 0 aromatic carbocycles. The normalized spacial score (nSPS) is 21.0. The molecule has 8 heteroatoms. The first-order chi connectivity index (χ1) is 11.3. The Morgan fingerprint density at radius 3 is 2.54 bits per heavy atom. The van der Waals surface area contributed by atoms with Crippen molar-refractivity contribution in [3.05, 3.63) is 30.1 Å². The number of hydrogen-bond donors (Lipinski definition) is 1. The molecule has 0 spiro atoms. The molecule has 0 aliphatic carbocycles. The SMILES string of the molecule is CCCCCCC1=NN(C(=O)c2ccncc2)[C@](O)(C(F)(F)F)C1. The minimum atomic E-state index is -5.00. The third-order valence-electron chi connectivity index (χ3n) is 3.93. The summed E-state index contributed by atoms with van der Waals surface area (Å²) in [4.78, 5) is 16.1. The molecule has 132 valence electrons. The monoisotopic (exact) mass is 343 g/mol. The summed E-state index contributed by atoms with van der Waals surface area (Å²) in [6.45, 7) is 2.03. The molecule has 1 aromatic rings. The zero-order valence-corrected chi connectivity index (χ0v) is 13.4. The number of alkyl halides is 3. The number of carbonyl (C=O) groups excluding carboxylic acids is 1. The van der Waals surface area contributed by atoms with Gasteiger partial charge in [-0.2, -0.15) is 23.3 Å². The van der Waals surface area contributed by atoms with Crippen molar-refractivity contribution < 1.29 is 23.1 Å². The van der Waals surface area contributed by atoms with E-state index in [1.54, 1.807) is 0 Å². The molecular formula is C16H20F3N3O2. The van der Waals surface area contributed by atoms with Gasteiger partial charge < -0.3 is 5.11 Å². The average Bonchev–Trinajstić information content (AvgIpc) is 2.90. The van der Waals surface area contributed by atoms with Crippen molar-refractivity contribution in [1.82, 2.24) is 9.99 Å². The second kappa shape index (κ2) is 7.29. The Morgan fingerprint density at radius 1 is 1.29 bits per heavy atom. The largest absolute Gasteiger partial charge is 0.438 e. The Morgan fingerprint density at radius 2 is 1.96 bits per heavy atom. The summed E-state index contributed by atoms with van der Waals surface area (Å²) >= 11 is 0. The molecule has 24 heavy (non-hydrogen) atoms. The van der Waals surface area contributed by atoms with E-state index in [1.165, 1.54) is 24.5 Å². The first-order valence-electron chi connectivity index (χ1n) is 7.89. The highest BCUT2D eigenvalue weighted by Gasteiger charge is 2.63. The summed E-state index contributed by atoms with van der Waals surface area (Å²) in [5, 5.41) is 14.1. The van der Waals surface area contributed by atoms with E-state index in [1.807, 2.05) is 6.92 Å². The van der Waals surface area contributed by atoms with E-state index in [0.29, 0.717) is 12.8 Å². The van der Waals surface area contributed by atoms with Gasteiger partial charge in [0, 0.05) is 30.1 Å². The number of aliphatic hydroxyl groups is 1. The predicted molar refractivity (Wildman–Crippen MR) is 82.2 cm³/mol. The lowest BCUT2D eigenvalue weighted by atomic mass is 10.0. The summed E-state index contributed by atoms with van der Waals surface area (Å²) in [7, 11) is 0. The van der Waals surface area contributed by atoms with Crippen molar-refractivity contribution >= 4 is 11.6 Å². The van der Waals surface area contributed by atoms with E-state index in [0.717, 1.165) is 19.3 Å².